The first-order valence-corrected chi connectivity index (χ1v) is 4.57. The summed E-state index contributed by atoms with van der Waals surface area (Å²) in [6, 6.07) is 0. The lowest BCUT2D eigenvalue weighted by Gasteiger charge is -2.16. The maximum absolute atomic E-state index is 10.8. The van der Waals surface area contributed by atoms with E-state index in [-0.39, 0.29) is 11.2 Å². The van der Waals surface area contributed by atoms with Crippen LogP contribution < -0.4 is 9.67 Å². The zero-order chi connectivity index (χ0) is 10.9. The van der Waals surface area contributed by atoms with Gasteiger partial charge in [0.15, 0.2) is 5.97 Å². The average molecular weight is 196 g/mol. The van der Waals surface area contributed by atoms with E-state index in [1.165, 1.54) is 0 Å². The standard InChI is InChI=1S/C10H16N2O2/c1-10(2,3)7-12-6-5-11(4)8(12)9(13)14/h5-6H,7H2,1-4H3. The number of hydrogen-bond donors (Lipinski definition) is 0. The third-order valence-electron chi connectivity index (χ3n) is 1.90. The van der Waals surface area contributed by atoms with E-state index in [2.05, 4.69) is 20.8 Å². The van der Waals surface area contributed by atoms with Gasteiger partial charge in [-0.15, -0.1) is 0 Å². The molecule has 0 radical (unpaired) electrons. The molecule has 0 spiro atoms. The Morgan fingerprint density at radius 1 is 1.57 bits per heavy atom. The number of carbonyl (C=O) groups is 1. The zero-order valence-corrected chi connectivity index (χ0v) is 9.07. The van der Waals surface area contributed by atoms with Gasteiger partial charge >= 0.3 is 5.82 Å². The van der Waals surface area contributed by atoms with Crippen molar-refractivity contribution in [2.45, 2.75) is 27.3 Å². The molecule has 1 rings (SSSR count). The second-order valence-corrected chi connectivity index (χ2v) is 4.71. The van der Waals surface area contributed by atoms with Crippen molar-refractivity contribution in [3.63, 3.8) is 0 Å². The molecule has 0 aromatic carbocycles. The van der Waals surface area contributed by atoms with Gasteiger partial charge in [-0.05, 0) is 5.41 Å². The molecule has 4 nitrogen and oxygen atoms in total. The average Bonchev–Trinajstić information content (AvgIpc) is 2.27. The van der Waals surface area contributed by atoms with Gasteiger partial charge in [0, 0.05) is 0 Å². The van der Waals surface area contributed by atoms with Crippen LogP contribution in [-0.4, -0.2) is 10.5 Å². The third-order valence-corrected chi connectivity index (χ3v) is 1.90. The number of aromatic nitrogens is 2. The van der Waals surface area contributed by atoms with Crippen molar-refractivity contribution < 1.29 is 14.5 Å². The molecule has 1 aromatic heterocycles. The molecule has 0 unspecified atom stereocenters. The Hall–Kier alpha value is -1.32. The highest BCUT2D eigenvalue weighted by atomic mass is 16.4. The number of aromatic carboxylic acids is 1. The molecule has 0 aliphatic carbocycles. The minimum absolute atomic E-state index is 0.0518. The first kappa shape index (κ1) is 10.8. The highest BCUT2D eigenvalue weighted by molar-refractivity contribution is 5.79. The van der Waals surface area contributed by atoms with Crippen LogP contribution >= 0.6 is 0 Å². The molecule has 0 fully saturated rings. The van der Waals surface area contributed by atoms with Crippen LogP contribution in [0.3, 0.4) is 0 Å². The molecule has 1 aromatic rings. The van der Waals surface area contributed by atoms with Crippen molar-refractivity contribution in [1.29, 1.82) is 0 Å². The largest absolute Gasteiger partial charge is 0.538 e. The van der Waals surface area contributed by atoms with Crippen molar-refractivity contribution in [3.05, 3.63) is 18.2 Å². The second kappa shape index (κ2) is 3.44. The SMILES string of the molecule is C[n+]1ccn(CC(C)(C)C)c1C(=O)[O-]. The number of carboxylic acids is 1. The predicted molar refractivity (Wildman–Crippen MR) is 49.4 cm³/mol. The summed E-state index contributed by atoms with van der Waals surface area (Å²) in [6.45, 7) is 6.85. The second-order valence-electron chi connectivity index (χ2n) is 4.71. The van der Waals surface area contributed by atoms with Gasteiger partial charge < -0.3 is 9.90 Å². The fourth-order valence-electron chi connectivity index (χ4n) is 1.42. The molecule has 0 amide bonds. The van der Waals surface area contributed by atoms with E-state index in [1.54, 1.807) is 28.6 Å². The Morgan fingerprint density at radius 3 is 2.57 bits per heavy atom. The molecule has 4 heteroatoms. The van der Waals surface area contributed by atoms with E-state index in [9.17, 15) is 9.90 Å². The molecule has 0 bridgehead atoms. The van der Waals surface area contributed by atoms with Gasteiger partial charge in [0.2, 0.25) is 0 Å². The molecule has 0 saturated carbocycles. The zero-order valence-electron chi connectivity index (χ0n) is 9.07. The van der Waals surface area contributed by atoms with Crippen molar-refractivity contribution >= 4 is 5.97 Å². The van der Waals surface area contributed by atoms with Crippen LogP contribution in [0.4, 0.5) is 0 Å². The van der Waals surface area contributed by atoms with Crippen LogP contribution in [0.25, 0.3) is 0 Å². The number of carbonyl (C=O) groups excluding carboxylic acids is 1. The molecular weight excluding hydrogens is 180 g/mol. The number of rotatable bonds is 2. The van der Waals surface area contributed by atoms with Crippen LogP contribution in [0.1, 0.15) is 31.4 Å². The summed E-state index contributed by atoms with van der Waals surface area (Å²) in [5.74, 6) is -0.929. The smallest absolute Gasteiger partial charge is 0.304 e. The monoisotopic (exact) mass is 196 g/mol. The maximum Gasteiger partial charge on any atom is 0.304 e. The molecule has 78 valence electrons. The van der Waals surface area contributed by atoms with Gasteiger partial charge in [0.05, 0.1) is 13.6 Å². The van der Waals surface area contributed by atoms with Crippen molar-refractivity contribution in [1.82, 2.24) is 4.57 Å². The third kappa shape index (κ3) is 2.34. The number of nitrogens with zero attached hydrogens (tertiary/aromatic N) is 2. The van der Waals surface area contributed by atoms with E-state index in [4.69, 9.17) is 0 Å². The molecule has 1 heterocycles. The first-order chi connectivity index (χ1) is 6.31. The van der Waals surface area contributed by atoms with Crippen LogP contribution in [0.5, 0.6) is 0 Å². The highest BCUT2D eigenvalue weighted by Gasteiger charge is 2.21. The van der Waals surface area contributed by atoms with E-state index < -0.39 is 5.97 Å². The molecular formula is C10H16N2O2. The van der Waals surface area contributed by atoms with Crippen LogP contribution in [-0.2, 0) is 13.6 Å². The van der Waals surface area contributed by atoms with E-state index in [0.717, 1.165) is 0 Å². The quantitative estimate of drug-likeness (QED) is 0.611. The minimum atomic E-state index is -1.14. The summed E-state index contributed by atoms with van der Waals surface area (Å²) in [5, 5.41) is 10.8. The Balaban J connectivity index is 3.04. The summed E-state index contributed by atoms with van der Waals surface area (Å²) < 4.78 is 3.26. The van der Waals surface area contributed by atoms with Crippen molar-refractivity contribution in [2.75, 3.05) is 0 Å². The minimum Gasteiger partial charge on any atom is -0.538 e. The van der Waals surface area contributed by atoms with Crippen molar-refractivity contribution in [2.24, 2.45) is 12.5 Å². The topological polar surface area (TPSA) is 48.9 Å². The van der Waals surface area contributed by atoms with Gasteiger partial charge in [-0.1, -0.05) is 20.8 Å². The van der Waals surface area contributed by atoms with Gasteiger partial charge in [0.25, 0.3) is 0 Å². The summed E-state index contributed by atoms with van der Waals surface area (Å²) in [4.78, 5) is 10.8. The number of aryl methyl sites for hydroxylation is 1. The Labute approximate surface area is 83.8 Å². The van der Waals surface area contributed by atoms with E-state index >= 15 is 0 Å². The highest BCUT2D eigenvalue weighted by Crippen LogP contribution is 2.16. The van der Waals surface area contributed by atoms with Crippen molar-refractivity contribution in [3.8, 4) is 0 Å². The molecule has 0 aliphatic heterocycles. The normalized spacial score (nSPS) is 11.7. The predicted octanol–water partition coefficient (Wildman–Crippen LogP) is -0.278. The Morgan fingerprint density at radius 2 is 2.14 bits per heavy atom. The van der Waals surface area contributed by atoms with Gasteiger partial charge in [-0.2, -0.15) is 0 Å². The first-order valence-electron chi connectivity index (χ1n) is 4.57. The van der Waals surface area contributed by atoms with Gasteiger partial charge in [-0.25, -0.2) is 9.13 Å². The van der Waals surface area contributed by atoms with E-state index in [0.29, 0.717) is 6.54 Å². The van der Waals surface area contributed by atoms with Gasteiger partial charge in [0.1, 0.15) is 12.4 Å². The number of hydrogen-bond acceptors (Lipinski definition) is 2. The van der Waals surface area contributed by atoms with Gasteiger partial charge in [-0.3, -0.25) is 0 Å². The summed E-state index contributed by atoms with van der Waals surface area (Å²) in [6.07, 6.45) is 3.48. The van der Waals surface area contributed by atoms with Crippen LogP contribution in [0.2, 0.25) is 0 Å². The lowest BCUT2D eigenvalue weighted by Crippen LogP contribution is -2.42. The Bertz CT molecular complexity index is 347. The maximum atomic E-state index is 10.8. The fourth-order valence-corrected chi connectivity index (χ4v) is 1.42. The molecule has 0 atom stereocenters. The molecule has 0 saturated heterocycles. The lowest BCUT2D eigenvalue weighted by atomic mass is 9.97. The van der Waals surface area contributed by atoms with E-state index in [1.807, 2.05) is 0 Å². The fraction of sp³-hybridized carbons (Fsp3) is 0.600. The summed E-state index contributed by atoms with van der Waals surface area (Å²) in [5.41, 5.74) is 0.0518. The molecule has 0 aliphatic rings. The lowest BCUT2D eigenvalue weighted by molar-refractivity contribution is -0.675. The summed E-state index contributed by atoms with van der Waals surface area (Å²) in [7, 11) is 1.70. The van der Waals surface area contributed by atoms with Crippen LogP contribution in [0, 0.1) is 5.41 Å². The van der Waals surface area contributed by atoms with Crippen LogP contribution in [0.15, 0.2) is 12.4 Å². The number of imidazole rings is 1. The Kier molecular flexibility index (Phi) is 2.64. The molecule has 14 heavy (non-hydrogen) atoms. The summed E-state index contributed by atoms with van der Waals surface area (Å²) >= 11 is 0. The number of carboxylic acid groups (broad SMARTS) is 1. The molecule has 0 N–H and O–H groups in total.